The minimum Gasteiger partial charge on any atom is -0.493 e. The SMILES string of the molecule is CCN(CC(=O)O)C1CC(NCc2cc(OC)c(OC)cc2SC)C1. The quantitative estimate of drug-likeness (QED) is 0.615. The number of ether oxygens (including phenoxy) is 2. The van der Waals surface area contributed by atoms with Gasteiger partial charge >= 0.3 is 5.97 Å². The number of benzene rings is 1. The lowest BCUT2D eigenvalue weighted by atomic mass is 9.85. The van der Waals surface area contributed by atoms with E-state index in [0.717, 1.165) is 37.4 Å². The average molecular weight is 368 g/mol. The molecule has 0 atom stereocenters. The number of nitrogens with zero attached hydrogens (tertiary/aromatic N) is 1. The maximum atomic E-state index is 10.9. The Hall–Kier alpha value is -1.44. The van der Waals surface area contributed by atoms with E-state index in [1.165, 1.54) is 10.5 Å². The van der Waals surface area contributed by atoms with Crippen LogP contribution in [0.5, 0.6) is 11.5 Å². The molecule has 1 aromatic carbocycles. The lowest BCUT2D eigenvalue weighted by Crippen LogP contribution is -2.53. The summed E-state index contributed by atoms with van der Waals surface area (Å²) in [5, 5.41) is 12.5. The second-order valence-corrected chi connectivity index (χ2v) is 7.03. The molecule has 0 bridgehead atoms. The van der Waals surface area contributed by atoms with Gasteiger partial charge in [-0.15, -0.1) is 11.8 Å². The number of hydrogen-bond donors (Lipinski definition) is 2. The van der Waals surface area contributed by atoms with Gasteiger partial charge in [0, 0.05) is 23.5 Å². The molecule has 1 aliphatic rings. The third-order valence-corrected chi connectivity index (χ3v) is 5.56. The molecule has 25 heavy (non-hydrogen) atoms. The lowest BCUT2D eigenvalue weighted by molar-refractivity contribution is -0.139. The van der Waals surface area contributed by atoms with Crippen molar-refractivity contribution < 1.29 is 19.4 Å². The van der Waals surface area contributed by atoms with Gasteiger partial charge in [-0.25, -0.2) is 0 Å². The molecular formula is C18H28N2O4S. The van der Waals surface area contributed by atoms with E-state index in [1.54, 1.807) is 26.0 Å². The van der Waals surface area contributed by atoms with Gasteiger partial charge in [-0.1, -0.05) is 6.92 Å². The Labute approximate surface area is 153 Å². The Kier molecular flexibility index (Phi) is 7.40. The Morgan fingerprint density at radius 1 is 1.32 bits per heavy atom. The molecule has 0 radical (unpaired) electrons. The highest BCUT2D eigenvalue weighted by molar-refractivity contribution is 7.98. The van der Waals surface area contributed by atoms with Crippen LogP contribution < -0.4 is 14.8 Å². The van der Waals surface area contributed by atoms with E-state index in [2.05, 4.69) is 11.6 Å². The summed E-state index contributed by atoms with van der Waals surface area (Å²) in [5.74, 6) is 0.724. The highest BCUT2D eigenvalue weighted by Crippen LogP contribution is 2.35. The van der Waals surface area contributed by atoms with E-state index in [9.17, 15) is 4.79 Å². The van der Waals surface area contributed by atoms with Gasteiger partial charge in [0.2, 0.25) is 0 Å². The van der Waals surface area contributed by atoms with Gasteiger partial charge in [-0.05, 0) is 43.3 Å². The summed E-state index contributed by atoms with van der Waals surface area (Å²) in [6.45, 7) is 3.67. The van der Waals surface area contributed by atoms with Gasteiger partial charge in [0.15, 0.2) is 11.5 Å². The fourth-order valence-corrected chi connectivity index (χ4v) is 3.83. The minimum absolute atomic E-state index is 0.125. The molecule has 7 heteroatoms. The molecule has 140 valence electrons. The van der Waals surface area contributed by atoms with Crippen molar-refractivity contribution >= 4 is 17.7 Å². The predicted molar refractivity (Wildman–Crippen MR) is 99.9 cm³/mol. The number of hydrogen-bond acceptors (Lipinski definition) is 6. The average Bonchev–Trinajstić information content (AvgIpc) is 2.58. The first-order valence-corrected chi connectivity index (χ1v) is 9.72. The molecule has 6 nitrogen and oxygen atoms in total. The minimum atomic E-state index is -0.756. The zero-order chi connectivity index (χ0) is 18.4. The van der Waals surface area contributed by atoms with Gasteiger partial charge < -0.3 is 19.9 Å². The topological polar surface area (TPSA) is 71.0 Å². The summed E-state index contributed by atoms with van der Waals surface area (Å²) in [7, 11) is 3.29. The van der Waals surface area contributed by atoms with E-state index in [4.69, 9.17) is 14.6 Å². The predicted octanol–water partition coefficient (Wildman–Crippen LogP) is 2.45. The summed E-state index contributed by atoms with van der Waals surface area (Å²) >= 11 is 1.69. The molecule has 0 spiro atoms. The maximum absolute atomic E-state index is 10.9. The second-order valence-electron chi connectivity index (χ2n) is 6.18. The Morgan fingerprint density at radius 3 is 2.48 bits per heavy atom. The molecule has 1 aromatic rings. The molecule has 0 saturated heterocycles. The van der Waals surface area contributed by atoms with Crippen LogP contribution in [0.25, 0.3) is 0 Å². The lowest BCUT2D eigenvalue weighted by Gasteiger charge is -2.42. The van der Waals surface area contributed by atoms with Gasteiger partial charge in [0.25, 0.3) is 0 Å². The fraction of sp³-hybridized carbons (Fsp3) is 0.611. The zero-order valence-electron chi connectivity index (χ0n) is 15.4. The molecule has 0 unspecified atom stereocenters. The molecule has 0 amide bonds. The third kappa shape index (κ3) is 5.03. The summed E-state index contributed by atoms with van der Waals surface area (Å²) in [4.78, 5) is 14.1. The second kappa shape index (κ2) is 9.31. The molecule has 2 rings (SSSR count). The number of methoxy groups -OCH3 is 2. The van der Waals surface area contributed by atoms with Gasteiger partial charge in [-0.3, -0.25) is 9.69 Å². The van der Waals surface area contributed by atoms with Crippen molar-refractivity contribution in [3.8, 4) is 11.5 Å². The van der Waals surface area contributed by atoms with Crippen molar-refractivity contribution in [2.45, 2.75) is 43.3 Å². The van der Waals surface area contributed by atoms with Gasteiger partial charge in [-0.2, -0.15) is 0 Å². The van der Waals surface area contributed by atoms with Crippen molar-refractivity contribution in [1.82, 2.24) is 10.2 Å². The highest BCUT2D eigenvalue weighted by atomic mass is 32.2. The number of rotatable bonds is 10. The van der Waals surface area contributed by atoms with E-state index in [1.807, 2.05) is 24.0 Å². The molecule has 1 saturated carbocycles. The highest BCUT2D eigenvalue weighted by Gasteiger charge is 2.33. The van der Waals surface area contributed by atoms with Crippen LogP contribution in [0.3, 0.4) is 0 Å². The normalized spacial score (nSPS) is 19.6. The molecular weight excluding hydrogens is 340 g/mol. The van der Waals surface area contributed by atoms with E-state index >= 15 is 0 Å². The van der Waals surface area contributed by atoms with Crippen molar-refractivity contribution in [3.05, 3.63) is 17.7 Å². The Morgan fingerprint density at radius 2 is 1.96 bits per heavy atom. The van der Waals surface area contributed by atoms with Gasteiger partial charge in [0.1, 0.15) is 0 Å². The number of carboxylic acids is 1. The van der Waals surface area contributed by atoms with Crippen LogP contribution in [0, 0.1) is 0 Å². The summed E-state index contributed by atoms with van der Waals surface area (Å²) in [6.07, 6.45) is 4.03. The first kappa shape index (κ1) is 19.9. The number of nitrogens with one attached hydrogen (secondary N) is 1. The number of carboxylic acid groups (broad SMARTS) is 1. The van der Waals surface area contributed by atoms with Crippen molar-refractivity contribution in [2.75, 3.05) is 33.6 Å². The van der Waals surface area contributed by atoms with E-state index in [0.29, 0.717) is 12.1 Å². The summed E-state index contributed by atoms with van der Waals surface area (Å²) in [5.41, 5.74) is 1.19. The molecule has 0 heterocycles. The van der Waals surface area contributed by atoms with Crippen LogP contribution in [-0.4, -0.2) is 61.6 Å². The van der Waals surface area contributed by atoms with Crippen LogP contribution >= 0.6 is 11.8 Å². The molecule has 0 aliphatic heterocycles. The van der Waals surface area contributed by atoms with Crippen LogP contribution in [0.15, 0.2) is 17.0 Å². The first-order valence-electron chi connectivity index (χ1n) is 8.50. The molecule has 2 N–H and O–H groups in total. The third-order valence-electron chi connectivity index (χ3n) is 4.74. The number of likely N-dealkylation sites (N-methyl/N-ethyl adjacent to an activating group) is 1. The van der Waals surface area contributed by atoms with Crippen LogP contribution in [-0.2, 0) is 11.3 Å². The monoisotopic (exact) mass is 368 g/mol. The van der Waals surface area contributed by atoms with E-state index < -0.39 is 5.97 Å². The van der Waals surface area contributed by atoms with Crippen LogP contribution in [0.2, 0.25) is 0 Å². The maximum Gasteiger partial charge on any atom is 0.317 e. The summed E-state index contributed by atoms with van der Waals surface area (Å²) in [6, 6.07) is 4.83. The fourth-order valence-electron chi connectivity index (χ4n) is 3.21. The van der Waals surface area contributed by atoms with Crippen LogP contribution in [0.1, 0.15) is 25.3 Å². The van der Waals surface area contributed by atoms with Crippen molar-refractivity contribution in [3.63, 3.8) is 0 Å². The zero-order valence-corrected chi connectivity index (χ0v) is 16.2. The van der Waals surface area contributed by atoms with E-state index in [-0.39, 0.29) is 6.54 Å². The Balaban J connectivity index is 1.91. The smallest absolute Gasteiger partial charge is 0.317 e. The standard InChI is InChI=1S/C18H28N2O4S/c1-5-20(11-18(21)22)14-7-13(8-14)19-10-12-6-15(23-2)16(24-3)9-17(12)25-4/h6,9,13-14,19H,5,7-8,10-11H2,1-4H3,(H,21,22). The number of carbonyl (C=O) groups is 1. The molecule has 0 aromatic heterocycles. The largest absolute Gasteiger partial charge is 0.493 e. The van der Waals surface area contributed by atoms with Crippen molar-refractivity contribution in [2.24, 2.45) is 0 Å². The number of thioether (sulfide) groups is 1. The number of aliphatic carboxylic acids is 1. The summed E-state index contributed by atoms with van der Waals surface area (Å²) < 4.78 is 10.8. The first-order chi connectivity index (χ1) is 12.0. The van der Waals surface area contributed by atoms with Crippen molar-refractivity contribution in [1.29, 1.82) is 0 Å². The molecule has 1 fully saturated rings. The Bertz CT molecular complexity index is 591. The van der Waals surface area contributed by atoms with Gasteiger partial charge in [0.05, 0.1) is 20.8 Å². The van der Waals surface area contributed by atoms with Crippen LogP contribution in [0.4, 0.5) is 0 Å². The molecule has 1 aliphatic carbocycles.